The first kappa shape index (κ1) is 17.2. The van der Waals surface area contributed by atoms with Gasteiger partial charge in [0.25, 0.3) is 5.91 Å². The molecule has 1 aliphatic rings. The lowest BCUT2D eigenvalue weighted by Crippen LogP contribution is -2.44. The van der Waals surface area contributed by atoms with E-state index in [1.807, 2.05) is 71.6 Å². The lowest BCUT2D eigenvalue weighted by atomic mass is 9.98. The minimum absolute atomic E-state index is 0.0107. The molecular formula is C23H22N2O2. The first-order chi connectivity index (χ1) is 13.2. The van der Waals surface area contributed by atoms with Crippen LogP contribution in [0.25, 0.3) is 0 Å². The van der Waals surface area contributed by atoms with Crippen LogP contribution in [-0.2, 0) is 0 Å². The van der Waals surface area contributed by atoms with Gasteiger partial charge < -0.3 is 15.0 Å². The molecule has 4 nitrogen and oxygen atoms in total. The van der Waals surface area contributed by atoms with Gasteiger partial charge in [-0.2, -0.15) is 0 Å². The predicted octanol–water partition coefficient (Wildman–Crippen LogP) is 5.02. The maximum atomic E-state index is 13.5. The third-order valence-corrected chi connectivity index (χ3v) is 5.10. The third-order valence-electron chi connectivity index (χ3n) is 5.10. The van der Waals surface area contributed by atoms with E-state index in [2.05, 4.69) is 24.4 Å². The zero-order valence-corrected chi connectivity index (χ0v) is 15.4. The minimum Gasteiger partial charge on any atom is -0.496 e. The van der Waals surface area contributed by atoms with Gasteiger partial charge >= 0.3 is 0 Å². The molecule has 3 aromatic rings. The molecule has 3 aromatic carbocycles. The van der Waals surface area contributed by atoms with Gasteiger partial charge in [0.15, 0.2) is 0 Å². The SMILES string of the molecule is COc1ccccc1[C@H]1Nc2ccccc2C(=O)N1[C@@H](C)c1ccccc1. The van der Waals surface area contributed by atoms with Gasteiger partial charge in [0, 0.05) is 11.3 Å². The highest BCUT2D eigenvalue weighted by Crippen LogP contribution is 2.41. The van der Waals surface area contributed by atoms with Crippen LogP contribution in [0.4, 0.5) is 5.69 Å². The summed E-state index contributed by atoms with van der Waals surface area (Å²) in [5.41, 5.74) is 3.55. The van der Waals surface area contributed by atoms with Crippen molar-refractivity contribution in [3.05, 3.63) is 95.6 Å². The molecule has 4 heteroatoms. The van der Waals surface area contributed by atoms with Gasteiger partial charge in [0.05, 0.1) is 18.7 Å². The largest absolute Gasteiger partial charge is 0.496 e. The Bertz CT molecular complexity index is 955. The first-order valence-corrected chi connectivity index (χ1v) is 9.07. The molecule has 0 fully saturated rings. The molecule has 0 aromatic heterocycles. The monoisotopic (exact) mass is 358 g/mol. The summed E-state index contributed by atoms with van der Waals surface area (Å²) in [5, 5.41) is 3.54. The molecule has 1 amide bonds. The zero-order valence-electron chi connectivity index (χ0n) is 15.4. The standard InChI is InChI=1S/C23H22N2O2/c1-16(17-10-4-3-5-11-17)25-22(19-13-7-9-15-21(19)27-2)24-20-14-8-6-12-18(20)23(25)26/h3-16,22,24H,1-2H3/t16-,22-/m0/s1. The topological polar surface area (TPSA) is 41.6 Å². The second-order valence-corrected chi connectivity index (χ2v) is 6.63. The molecule has 27 heavy (non-hydrogen) atoms. The molecule has 0 radical (unpaired) electrons. The highest BCUT2D eigenvalue weighted by molar-refractivity contribution is 6.02. The average molecular weight is 358 g/mol. The summed E-state index contributed by atoms with van der Waals surface area (Å²) in [6.45, 7) is 2.06. The summed E-state index contributed by atoms with van der Waals surface area (Å²) in [5.74, 6) is 0.768. The molecule has 136 valence electrons. The van der Waals surface area contributed by atoms with E-state index < -0.39 is 0 Å². The van der Waals surface area contributed by atoms with Crippen molar-refractivity contribution in [2.24, 2.45) is 0 Å². The van der Waals surface area contributed by atoms with Gasteiger partial charge in [-0.05, 0) is 30.7 Å². The van der Waals surface area contributed by atoms with Crippen molar-refractivity contribution >= 4 is 11.6 Å². The van der Waals surface area contributed by atoms with Crippen molar-refractivity contribution in [3.8, 4) is 5.75 Å². The molecule has 2 atom stereocenters. The van der Waals surface area contributed by atoms with Crippen molar-refractivity contribution < 1.29 is 9.53 Å². The highest BCUT2D eigenvalue weighted by atomic mass is 16.5. The number of methoxy groups -OCH3 is 1. The van der Waals surface area contributed by atoms with Crippen LogP contribution in [-0.4, -0.2) is 17.9 Å². The molecule has 0 spiro atoms. The van der Waals surface area contributed by atoms with Crippen molar-refractivity contribution in [2.75, 3.05) is 12.4 Å². The van der Waals surface area contributed by atoms with Gasteiger partial charge in [-0.1, -0.05) is 60.7 Å². The van der Waals surface area contributed by atoms with Crippen LogP contribution in [0.1, 0.15) is 40.6 Å². The number of ether oxygens (including phenoxy) is 1. The van der Waals surface area contributed by atoms with E-state index in [0.717, 1.165) is 22.6 Å². The fourth-order valence-electron chi connectivity index (χ4n) is 3.68. The number of para-hydroxylation sites is 2. The molecule has 0 saturated heterocycles. The number of amides is 1. The van der Waals surface area contributed by atoms with E-state index in [-0.39, 0.29) is 18.1 Å². The molecular weight excluding hydrogens is 336 g/mol. The second kappa shape index (κ2) is 7.16. The normalized spacial score (nSPS) is 17.0. The number of carbonyl (C=O) groups is 1. The number of nitrogens with one attached hydrogen (secondary N) is 1. The Kier molecular flexibility index (Phi) is 4.55. The van der Waals surface area contributed by atoms with Crippen LogP contribution in [0.15, 0.2) is 78.9 Å². The number of fused-ring (bicyclic) bond motifs is 1. The quantitative estimate of drug-likeness (QED) is 0.712. The van der Waals surface area contributed by atoms with Crippen LogP contribution in [0.5, 0.6) is 5.75 Å². The van der Waals surface area contributed by atoms with Gasteiger partial charge in [0.1, 0.15) is 11.9 Å². The summed E-state index contributed by atoms with van der Waals surface area (Å²) < 4.78 is 5.58. The van der Waals surface area contributed by atoms with E-state index in [4.69, 9.17) is 4.74 Å². The number of benzene rings is 3. The third kappa shape index (κ3) is 3.04. The van der Waals surface area contributed by atoms with Gasteiger partial charge in [0.2, 0.25) is 0 Å². The molecule has 0 bridgehead atoms. The number of hydrogen-bond acceptors (Lipinski definition) is 3. The molecule has 4 rings (SSSR count). The molecule has 0 saturated carbocycles. The van der Waals surface area contributed by atoms with Crippen LogP contribution >= 0.6 is 0 Å². The van der Waals surface area contributed by atoms with E-state index in [1.54, 1.807) is 7.11 Å². The summed E-state index contributed by atoms with van der Waals surface area (Å²) in [7, 11) is 1.66. The Balaban J connectivity index is 1.85. The van der Waals surface area contributed by atoms with Crippen LogP contribution in [0.3, 0.4) is 0 Å². The predicted molar refractivity (Wildman–Crippen MR) is 107 cm³/mol. The Morgan fingerprint density at radius 3 is 2.37 bits per heavy atom. The first-order valence-electron chi connectivity index (χ1n) is 9.07. The molecule has 0 unspecified atom stereocenters. The molecule has 1 aliphatic heterocycles. The lowest BCUT2D eigenvalue weighted by Gasteiger charge is -2.42. The van der Waals surface area contributed by atoms with E-state index in [1.165, 1.54) is 0 Å². The van der Waals surface area contributed by atoms with E-state index >= 15 is 0 Å². The molecule has 1 heterocycles. The van der Waals surface area contributed by atoms with Gasteiger partial charge in [-0.15, -0.1) is 0 Å². The fraction of sp³-hybridized carbons (Fsp3) is 0.174. The summed E-state index contributed by atoms with van der Waals surface area (Å²) in [6.07, 6.45) is -0.321. The molecule has 0 aliphatic carbocycles. The van der Waals surface area contributed by atoms with Crippen LogP contribution in [0, 0.1) is 0 Å². The zero-order chi connectivity index (χ0) is 18.8. The van der Waals surface area contributed by atoms with E-state index in [9.17, 15) is 4.79 Å². The second-order valence-electron chi connectivity index (χ2n) is 6.63. The smallest absolute Gasteiger partial charge is 0.258 e. The number of carbonyl (C=O) groups excluding carboxylic acids is 1. The maximum Gasteiger partial charge on any atom is 0.258 e. The highest BCUT2D eigenvalue weighted by Gasteiger charge is 2.37. The number of rotatable bonds is 4. The van der Waals surface area contributed by atoms with Crippen molar-refractivity contribution in [1.82, 2.24) is 4.90 Å². The van der Waals surface area contributed by atoms with Gasteiger partial charge in [-0.25, -0.2) is 0 Å². The summed E-state index contributed by atoms with van der Waals surface area (Å²) in [4.78, 5) is 15.4. The lowest BCUT2D eigenvalue weighted by molar-refractivity contribution is 0.0594. The van der Waals surface area contributed by atoms with Crippen molar-refractivity contribution in [1.29, 1.82) is 0 Å². The van der Waals surface area contributed by atoms with Crippen molar-refractivity contribution in [3.63, 3.8) is 0 Å². The summed E-state index contributed by atoms with van der Waals surface area (Å²) >= 11 is 0. The fourth-order valence-corrected chi connectivity index (χ4v) is 3.68. The van der Waals surface area contributed by atoms with Crippen LogP contribution in [0.2, 0.25) is 0 Å². The van der Waals surface area contributed by atoms with Crippen LogP contribution < -0.4 is 10.1 Å². The number of nitrogens with zero attached hydrogens (tertiary/aromatic N) is 1. The van der Waals surface area contributed by atoms with E-state index in [0.29, 0.717) is 5.56 Å². The van der Waals surface area contributed by atoms with Gasteiger partial charge in [-0.3, -0.25) is 4.79 Å². The average Bonchev–Trinajstić information content (AvgIpc) is 2.74. The Morgan fingerprint density at radius 2 is 1.59 bits per heavy atom. The van der Waals surface area contributed by atoms with Crippen molar-refractivity contribution in [2.45, 2.75) is 19.1 Å². The Labute approximate surface area is 159 Å². The Morgan fingerprint density at radius 1 is 0.926 bits per heavy atom. The molecule has 1 N–H and O–H groups in total. The Hall–Kier alpha value is -3.27. The number of hydrogen-bond donors (Lipinski definition) is 1. The maximum absolute atomic E-state index is 13.5. The summed E-state index contributed by atoms with van der Waals surface area (Å²) in [6, 6.07) is 25.5. The number of anilines is 1. The minimum atomic E-state index is -0.321.